The summed E-state index contributed by atoms with van der Waals surface area (Å²) in [7, 11) is 1.83. The zero-order valence-electron chi connectivity index (χ0n) is 17.3. The maximum absolute atomic E-state index is 6.00. The average Bonchev–Trinajstić information content (AvgIpc) is 3.08. The van der Waals surface area contributed by atoms with E-state index in [-0.39, 0.29) is 6.10 Å². The van der Waals surface area contributed by atoms with Crippen molar-refractivity contribution in [1.29, 1.82) is 0 Å². The Morgan fingerprint density at radius 2 is 2.04 bits per heavy atom. The molecule has 1 saturated heterocycles. The molecule has 1 fully saturated rings. The first kappa shape index (κ1) is 20.2. The summed E-state index contributed by atoms with van der Waals surface area (Å²) in [5.74, 6) is 2.69. The van der Waals surface area contributed by atoms with Crippen LogP contribution in [-0.2, 0) is 6.54 Å². The van der Waals surface area contributed by atoms with Crippen LogP contribution in [0.3, 0.4) is 0 Å². The van der Waals surface area contributed by atoms with Gasteiger partial charge in [0.15, 0.2) is 5.96 Å². The van der Waals surface area contributed by atoms with Crippen molar-refractivity contribution in [2.45, 2.75) is 33.4 Å². The fourth-order valence-electron chi connectivity index (χ4n) is 3.37. The molecule has 1 N–H and O–H groups in total. The summed E-state index contributed by atoms with van der Waals surface area (Å²) < 4.78 is 11.2. The number of nitrogens with zero attached hydrogens (tertiary/aromatic N) is 4. The Kier molecular flexibility index (Phi) is 6.92. The molecule has 2 aromatic rings. The monoisotopic (exact) mass is 385 g/mol. The van der Waals surface area contributed by atoms with Crippen LogP contribution in [0.2, 0.25) is 0 Å². The summed E-state index contributed by atoms with van der Waals surface area (Å²) in [5.41, 5.74) is 2.20. The van der Waals surface area contributed by atoms with Gasteiger partial charge in [-0.1, -0.05) is 17.3 Å². The van der Waals surface area contributed by atoms with E-state index in [1.165, 1.54) is 5.56 Å². The molecule has 0 saturated carbocycles. The Balaban J connectivity index is 1.43. The highest BCUT2D eigenvalue weighted by atomic mass is 16.5. The van der Waals surface area contributed by atoms with Crippen molar-refractivity contribution < 1.29 is 9.26 Å². The van der Waals surface area contributed by atoms with Crippen molar-refractivity contribution in [2.75, 3.05) is 39.8 Å². The summed E-state index contributed by atoms with van der Waals surface area (Å²) >= 11 is 0. The summed E-state index contributed by atoms with van der Waals surface area (Å²) in [5, 5.41) is 7.54. The zero-order valence-corrected chi connectivity index (χ0v) is 17.3. The summed E-state index contributed by atoms with van der Waals surface area (Å²) in [6.45, 7) is 11.4. The minimum absolute atomic E-state index is 0.0512. The van der Waals surface area contributed by atoms with Crippen LogP contribution in [0, 0.1) is 13.8 Å². The van der Waals surface area contributed by atoms with Gasteiger partial charge in [-0.3, -0.25) is 9.89 Å². The second-order valence-corrected chi connectivity index (χ2v) is 7.37. The van der Waals surface area contributed by atoms with Crippen LogP contribution in [0.1, 0.15) is 23.9 Å². The Bertz CT molecular complexity index is 781. The first-order valence-corrected chi connectivity index (χ1v) is 9.87. The van der Waals surface area contributed by atoms with Crippen molar-refractivity contribution in [2.24, 2.45) is 4.99 Å². The third-order valence-corrected chi connectivity index (χ3v) is 4.82. The van der Waals surface area contributed by atoms with Crippen LogP contribution in [0.5, 0.6) is 5.75 Å². The summed E-state index contributed by atoms with van der Waals surface area (Å²) in [6.07, 6.45) is 0.0512. The zero-order chi connectivity index (χ0) is 19.9. The molecule has 152 valence electrons. The molecule has 1 unspecified atom stereocenters. The molecule has 0 radical (unpaired) electrons. The molecule has 3 rings (SSSR count). The fraction of sp³-hybridized carbons (Fsp3) is 0.524. The van der Waals surface area contributed by atoms with Crippen molar-refractivity contribution in [3.8, 4) is 5.75 Å². The number of guanidine groups is 1. The Labute approximate surface area is 167 Å². The smallest absolute Gasteiger partial charge is 0.193 e. The molecule has 7 heteroatoms. The van der Waals surface area contributed by atoms with Crippen molar-refractivity contribution in [1.82, 2.24) is 20.3 Å². The highest BCUT2D eigenvalue weighted by Gasteiger charge is 2.21. The molecule has 0 amide bonds. The number of piperazine rings is 1. The van der Waals surface area contributed by atoms with Gasteiger partial charge >= 0.3 is 0 Å². The van der Waals surface area contributed by atoms with E-state index in [1.54, 1.807) is 0 Å². The van der Waals surface area contributed by atoms with Crippen molar-refractivity contribution in [3.05, 3.63) is 47.3 Å². The van der Waals surface area contributed by atoms with Crippen LogP contribution < -0.4 is 10.1 Å². The van der Waals surface area contributed by atoms with E-state index < -0.39 is 0 Å². The topological polar surface area (TPSA) is 66.1 Å². The molecule has 0 bridgehead atoms. The number of hydrogen-bond acceptors (Lipinski definition) is 5. The molecule has 1 aliphatic heterocycles. The lowest BCUT2D eigenvalue weighted by Gasteiger charge is -2.36. The Morgan fingerprint density at radius 1 is 1.25 bits per heavy atom. The number of rotatable bonds is 6. The van der Waals surface area contributed by atoms with Gasteiger partial charge in [0.2, 0.25) is 0 Å². The van der Waals surface area contributed by atoms with Crippen molar-refractivity contribution >= 4 is 5.96 Å². The number of nitrogens with one attached hydrogen (secondary N) is 1. The second kappa shape index (κ2) is 9.59. The van der Waals surface area contributed by atoms with E-state index in [9.17, 15) is 0 Å². The number of hydrogen-bond donors (Lipinski definition) is 1. The summed E-state index contributed by atoms with van der Waals surface area (Å²) in [4.78, 5) is 9.14. The van der Waals surface area contributed by atoms with Crippen LogP contribution in [0.25, 0.3) is 0 Å². The third kappa shape index (κ3) is 5.73. The van der Waals surface area contributed by atoms with Gasteiger partial charge in [0.05, 0.1) is 12.2 Å². The van der Waals surface area contributed by atoms with Gasteiger partial charge in [-0.05, 0) is 38.5 Å². The lowest BCUT2D eigenvalue weighted by molar-refractivity contribution is 0.167. The number of benzene rings is 1. The van der Waals surface area contributed by atoms with Gasteiger partial charge in [-0.15, -0.1) is 0 Å². The van der Waals surface area contributed by atoms with Gasteiger partial charge in [0.25, 0.3) is 0 Å². The molecule has 1 atom stereocenters. The largest absolute Gasteiger partial charge is 0.489 e. The first-order chi connectivity index (χ1) is 13.5. The highest BCUT2D eigenvalue weighted by molar-refractivity contribution is 5.80. The maximum Gasteiger partial charge on any atom is 0.193 e. The number of ether oxygens (including phenoxy) is 1. The Morgan fingerprint density at radius 3 is 2.68 bits per heavy atom. The van der Waals surface area contributed by atoms with Gasteiger partial charge in [0, 0.05) is 45.8 Å². The predicted octanol–water partition coefficient (Wildman–Crippen LogP) is 2.45. The minimum Gasteiger partial charge on any atom is -0.489 e. The Hall–Kier alpha value is -2.54. The number of aromatic nitrogens is 1. The SMILES string of the molecule is CN=C(NCC(C)Oc1cccc(C)c1)N1CCN(Cc2cc(C)on2)CC1. The van der Waals surface area contributed by atoms with E-state index in [2.05, 4.69) is 51.2 Å². The van der Waals surface area contributed by atoms with Crippen LogP contribution >= 0.6 is 0 Å². The third-order valence-electron chi connectivity index (χ3n) is 4.82. The fourth-order valence-corrected chi connectivity index (χ4v) is 3.37. The lowest BCUT2D eigenvalue weighted by Crippen LogP contribution is -2.53. The van der Waals surface area contributed by atoms with Gasteiger partial charge < -0.3 is 19.5 Å². The highest BCUT2D eigenvalue weighted by Crippen LogP contribution is 2.14. The molecular formula is C21H31N5O2. The molecule has 7 nitrogen and oxygen atoms in total. The molecule has 1 aromatic heterocycles. The van der Waals surface area contributed by atoms with E-state index >= 15 is 0 Å². The normalized spacial score (nSPS) is 16.9. The maximum atomic E-state index is 6.00. The van der Waals surface area contributed by atoms with Crippen molar-refractivity contribution in [3.63, 3.8) is 0 Å². The molecular weight excluding hydrogens is 354 g/mol. The first-order valence-electron chi connectivity index (χ1n) is 9.87. The van der Waals surface area contributed by atoms with Crippen LogP contribution in [0.15, 0.2) is 39.8 Å². The molecule has 0 aliphatic carbocycles. The number of aryl methyl sites for hydroxylation is 2. The average molecular weight is 386 g/mol. The molecule has 1 aliphatic rings. The number of aliphatic imine (C=N–C) groups is 1. The van der Waals surface area contributed by atoms with E-state index in [4.69, 9.17) is 9.26 Å². The lowest BCUT2D eigenvalue weighted by atomic mass is 10.2. The molecule has 2 heterocycles. The predicted molar refractivity (Wildman–Crippen MR) is 111 cm³/mol. The van der Waals surface area contributed by atoms with E-state index in [0.29, 0.717) is 6.54 Å². The van der Waals surface area contributed by atoms with Gasteiger partial charge in [0.1, 0.15) is 17.6 Å². The van der Waals surface area contributed by atoms with Crippen LogP contribution in [0.4, 0.5) is 0 Å². The summed E-state index contributed by atoms with van der Waals surface area (Å²) in [6, 6.07) is 10.1. The molecule has 1 aromatic carbocycles. The molecule has 0 spiro atoms. The standard InChI is InChI=1S/C21H31N5O2/c1-16-6-5-7-20(12-16)27-18(3)14-23-21(22-4)26-10-8-25(9-11-26)15-19-13-17(2)28-24-19/h5-7,12-13,18H,8-11,14-15H2,1-4H3,(H,22,23). The molecule has 28 heavy (non-hydrogen) atoms. The van der Waals surface area contributed by atoms with E-state index in [0.717, 1.165) is 55.9 Å². The van der Waals surface area contributed by atoms with Crippen LogP contribution in [-0.4, -0.2) is 66.8 Å². The van der Waals surface area contributed by atoms with Gasteiger partial charge in [-0.25, -0.2) is 0 Å². The minimum atomic E-state index is 0.0512. The van der Waals surface area contributed by atoms with Gasteiger partial charge in [-0.2, -0.15) is 0 Å². The second-order valence-electron chi connectivity index (χ2n) is 7.37. The van der Waals surface area contributed by atoms with E-state index in [1.807, 2.05) is 32.2 Å². The quantitative estimate of drug-likeness (QED) is 0.609.